The van der Waals surface area contributed by atoms with Gasteiger partial charge in [-0.05, 0) is 29.8 Å². The highest BCUT2D eigenvalue weighted by atomic mass is 35.5. The number of hydrogen-bond donors (Lipinski definition) is 1. The number of halogens is 1. The maximum atomic E-state index is 12.5. The molecular formula is C18H13ClN2O2S. The number of sulfone groups is 1. The average Bonchev–Trinajstić information content (AvgIpc) is 2.97. The first-order chi connectivity index (χ1) is 11.5. The van der Waals surface area contributed by atoms with Gasteiger partial charge in [-0.3, -0.25) is 0 Å². The Labute approximate surface area is 144 Å². The molecule has 0 aliphatic heterocycles. The van der Waals surface area contributed by atoms with Gasteiger partial charge in [-0.25, -0.2) is 8.42 Å². The van der Waals surface area contributed by atoms with E-state index in [1.165, 1.54) is 6.08 Å². The zero-order valence-electron chi connectivity index (χ0n) is 12.5. The fourth-order valence-corrected chi connectivity index (χ4v) is 3.78. The van der Waals surface area contributed by atoms with Crippen molar-refractivity contribution >= 4 is 38.4 Å². The molecule has 6 heteroatoms. The first kappa shape index (κ1) is 16.3. The number of benzene rings is 2. The van der Waals surface area contributed by atoms with Gasteiger partial charge in [0.2, 0.25) is 0 Å². The summed E-state index contributed by atoms with van der Waals surface area (Å²) in [5.74, 6) is -0.244. The van der Waals surface area contributed by atoms with Gasteiger partial charge in [0.25, 0.3) is 0 Å². The van der Waals surface area contributed by atoms with Crippen molar-refractivity contribution in [2.75, 3.05) is 0 Å². The number of aromatic amines is 1. The van der Waals surface area contributed by atoms with Gasteiger partial charge in [-0.2, -0.15) is 5.26 Å². The van der Waals surface area contributed by atoms with Crippen LogP contribution in [0.25, 0.3) is 17.0 Å². The molecule has 0 atom stereocenters. The molecule has 0 amide bonds. The minimum Gasteiger partial charge on any atom is -0.361 e. The van der Waals surface area contributed by atoms with Gasteiger partial charge in [0.1, 0.15) is 11.0 Å². The van der Waals surface area contributed by atoms with Crippen LogP contribution in [0.4, 0.5) is 0 Å². The fourth-order valence-electron chi connectivity index (χ4n) is 2.42. The Bertz CT molecular complexity index is 1060. The van der Waals surface area contributed by atoms with E-state index in [2.05, 4.69) is 4.98 Å². The minimum atomic E-state index is -3.74. The van der Waals surface area contributed by atoms with Crippen molar-refractivity contribution in [2.24, 2.45) is 0 Å². The monoisotopic (exact) mass is 356 g/mol. The van der Waals surface area contributed by atoms with Gasteiger partial charge in [0, 0.05) is 27.7 Å². The molecule has 3 aromatic rings. The zero-order chi connectivity index (χ0) is 17.2. The molecule has 4 nitrogen and oxygen atoms in total. The number of aromatic nitrogens is 1. The topological polar surface area (TPSA) is 73.7 Å². The predicted molar refractivity (Wildman–Crippen MR) is 96.0 cm³/mol. The largest absolute Gasteiger partial charge is 0.361 e. The molecule has 1 N–H and O–H groups in total. The second kappa shape index (κ2) is 6.52. The number of allylic oxidation sites excluding steroid dienone is 1. The Balaban J connectivity index is 1.98. The number of hydrogen-bond acceptors (Lipinski definition) is 3. The lowest BCUT2D eigenvalue weighted by atomic mass is 10.1. The van der Waals surface area contributed by atoms with Gasteiger partial charge in [0.05, 0.1) is 5.75 Å². The molecule has 2 aromatic carbocycles. The number of rotatable bonds is 4. The van der Waals surface area contributed by atoms with Crippen LogP contribution >= 0.6 is 11.6 Å². The van der Waals surface area contributed by atoms with Crippen LogP contribution in [-0.4, -0.2) is 13.4 Å². The average molecular weight is 357 g/mol. The highest BCUT2D eigenvalue weighted by Gasteiger charge is 2.19. The SMILES string of the molecule is N#CC(=Cc1c[nH]c2ccccc12)S(=O)(=O)Cc1ccc(Cl)cc1. The number of fused-ring (bicyclic) bond motifs is 1. The van der Waals surface area contributed by atoms with Crippen molar-refractivity contribution < 1.29 is 8.42 Å². The smallest absolute Gasteiger partial charge is 0.192 e. The maximum absolute atomic E-state index is 12.5. The van der Waals surface area contributed by atoms with Gasteiger partial charge >= 0.3 is 0 Å². The third kappa shape index (κ3) is 3.35. The van der Waals surface area contributed by atoms with Crippen LogP contribution in [0.2, 0.25) is 5.02 Å². The Morgan fingerprint density at radius 3 is 2.58 bits per heavy atom. The lowest BCUT2D eigenvalue weighted by Crippen LogP contribution is -2.06. The number of nitriles is 1. The molecule has 120 valence electrons. The lowest BCUT2D eigenvalue weighted by Gasteiger charge is -2.03. The van der Waals surface area contributed by atoms with Crippen molar-refractivity contribution in [1.82, 2.24) is 4.98 Å². The summed E-state index contributed by atoms with van der Waals surface area (Å²) < 4.78 is 25.1. The second-order valence-electron chi connectivity index (χ2n) is 5.30. The van der Waals surface area contributed by atoms with Crippen LogP contribution in [0.5, 0.6) is 0 Å². The molecular weight excluding hydrogens is 344 g/mol. The van der Waals surface area contributed by atoms with Gasteiger partial charge in [-0.1, -0.05) is 41.9 Å². The van der Waals surface area contributed by atoms with E-state index in [1.54, 1.807) is 30.5 Å². The molecule has 0 saturated heterocycles. The van der Waals surface area contributed by atoms with Crippen molar-refractivity contribution in [3.63, 3.8) is 0 Å². The standard InChI is InChI=1S/C18H13ClN2O2S/c19-15-7-5-13(6-8-15)12-24(22,23)16(10-20)9-14-11-21-18-4-2-1-3-17(14)18/h1-9,11,21H,12H2. The summed E-state index contributed by atoms with van der Waals surface area (Å²) in [6.07, 6.45) is 3.10. The molecule has 3 rings (SSSR count). The summed E-state index contributed by atoms with van der Waals surface area (Å²) in [7, 11) is -3.74. The number of nitrogens with zero attached hydrogens (tertiary/aromatic N) is 1. The summed E-state index contributed by atoms with van der Waals surface area (Å²) in [5, 5.41) is 10.7. The Morgan fingerprint density at radius 2 is 1.88 bits per heavy atom. The molecule has 0 spiro atoms. The van der Waals surface area contributed by atoms with Crippen molar-refractivity contribution in [2.45, 2.75) is 5.75 Å². The molecule has 1 heterocycles. The van der Waals surface area contributed by atoms with E-state index in [1.807, 2.05) is 30.3 Å². The third-order valence-corrected chi connectivity index (χ3v) is 5.47. The molecule has 24 heavy (non-hydrogen) atoms. The van der Waals surface area contributed by atoms with E-state index in [0.717, 1.165) is 10.9 Å². The normalized spacial score (nSPS) is 12.2. The van der Waals surface area contributed by atoms with Crippen molar-refractivity contribution in [3.05, 3.63) is 75.8 Å². The fraction of sp³-hybridized carbons (Fsp3) is 0.0556. The molecule has 0 saturated carbocycles. The van der Waals surface area contributed by atoms with Crippen molar-refractivity contribution in [3.8, 4) is 6.07 Å². The molecule has 1 aromatic heterocycles. The van der Waals surface area contributed by atoms with Crippen LogP contribution in [0.1, 0.15) is 11.1 Å². The molecule has 0 aliphatic carbocycles. The lowest BCUT2D eigenvalue weighted by molar-refractivity contribution is 0.602. The van der Waals surface area contributed by atoms with Gasteiger partial charge in [0.15, 0.2) is 9.84 Å². The molecule has 0 bridgehead atoms. The van der Waals surface area contributed by atoms with Crippen LogP contribution in [-0.2, 0) is 15.6 Å². The van der Waals surface area contributed by atoms with Crippen LogP contribution in [0, 0.1) is 11.3 Å². The highest BCUT2D eigenvalue weighted by molar-refractivity contribution is 7.95. The first-order valence-corrected chi connectivity index (χ1v) is 9.18. The molecule has 0 unspecified atom stereocenters. The van der Waals surface area contributed by atoms with Gasteiger partial charge < -0.3 is 4.98 Å². The highest BCUT2D eigenvalue weighted by Crippen LogP contribution is 2.23. The summed E-state index contributed by atoms with van der Waals surface area (Å²) >= 11 is 5.81. The van der Waals surface area contributed by atoms with E-state index in [9.17, 15) is 13.7 Å². The molecule has 0 aliphatic rings. The predicted octanol–water partition coefficient (Wildman–Crippen LogP) is 4.30. The Hall–Kier alpha value is -2.55. The summed E-state index contributed by atoms with van der Waals surface area (Å²) in [5.41, 5.74) is 2.14. The Morgan fingerprint density at radius 1 is 1.17 bits per heavy atom. The zero-order valence-corrected chi connectivity index (χ0v) is 14.1. The number of para-hydroxylation sites is 1. The summed E-state index contributed by atoms with van der Waals surface area (Å²) in [6.45, 7) is 0. The molecule has 0 radical (unpaired) electrons. The summed E-state index contributed by atoms with van der Waals surface area (Å²) in [6, 6.07) is 15.9. The number of nitrogens with one attached hydrogen (secondary N) is 1. The second-order valence-corrected chi connectivity index (χ2v) is 7.69. The molecule has 0 fully saturated rings. The quantitative estimate of drug-likeness (QED) is 0.708. The van der Waals surface area contributed by atoms with E-state index in [4.69, 9.17) is 11.6 Å². The van der Waals surface area contributed by atoms with E-state index in [-0.39, 0.29) is 10.7 Å². The van der Waals surface area contributed by atoms with E-state index in [0.29, 0.717) is 16.1 Å². The van der Waals surface area contributed by atoms with E-state index >= 15 is 0 Å². The van der Waals surface area contributed by atoms with Crippen molar-refractivity contribution in [1.29, 1.82) is 5.26 Å². The minimum absolute atomic E-state index is 0.244. The Kier molecular flexibility index (Phi) is 4.43. The van der Waals surface area contributed by atoms with E-state index < -0.39 is 9.84 Å². The third-order valence-electron chi connectivity index (χ3n) is 3.62. The van der Waals surface area contributed by atoms with Gasteiger partial charge in [-0.15, -0.1) is 0 Å². The summed E-state index contributed by atoms with van der Waals surface area (Å²) in [4.78, 5) is 2.80. The number of H-pyrrole nitrogens is 1. The van der Waals surface area contributed by atoms with Crippen LogP contribution in [0.3, 0.4) is 0 Å². The van der Waals surface area contributed by atoms with Crippen LogP contribution in [0.15, 0.2) is 59.6 Å². The van der Waals surface area contributed by atoms with Crippen LogP contribution < -0.4 is 0 Å². The maximum Gasteiger partial charge on any atom is 0.192 e. The first-order valence-electron chi connectivity index (χ1n) is 7.15.